The summed E-state index contributed by atoms with van der Waals surface area (Å²) in [6.45, 7) is 1.18. The zero-order chi connectivity index (χ0) is 14.2. The maximum Gasteiger partial charge on any atom is 0.323 e. The second-order valence-corrected chi connectivity index (χ2v) is 4.55. The van der Waals surface area contributed by atoms with Gasteiger partial charge in [0.2, 0.25) is 0 Å². The highest BCUT2D eigenvalue weighted by Crippen LogP contribution is 2.27. The summed E-state index contributed by atoms with van der Waals surface area (Å²) in [5.41, 5.74) is 1.51. The van der Waals surface area contributed by atoms with Crippen LogP contribution < -0.4 is 0 Å². The Kier molecular flexibility index (Phi) is 3.40. The Labute approximate surface area is 114 Å². The Morgan fingerprint density at radius 3 is 2.63 bits per heavy atom. The molecular weight excluding hydrogens is 270 g/mol. The zero-order valence-electron chi connectivity index (χ0n) is 10.0. The average Bonchev–Trinajstić information content (AvgIpc) is 2.60. The van der Waals surface area contributed by atoms with Crippen LogP contribution in [0.25, 0.3) is 5.57 Å². The first-order valence-corrected chi connectivity index (χ1v) is 5.84. The number of halogens is 1. The molecule has 0 aliphatic carbocycles. The molecule has 0 saturated heterocycles. The highest BCUT2D eigenvalue weighted by molar-refractivity contribution is 6.35. The molecule has 0 atom stereocenters. The normalized spacial score (nSPS) is 14.8. The summed E-state index contributed by atoms with van der Waals surface area (Å²) < 4.78 is 0. The summed E-state index contributed by atoms with van der Waals surface area (Å²) in [4.78, 5) is 34.9. The fourth-order valence-electron chi connectivity index (χ4n) is 1.76. The molecule has 1 aromatic rings. The fourth-order valence-corrected chi connectivity index (χ4v) is 1.94. The van der Waals surface area contributed by atoms with Crippen LogP contribution in [0.5, 0.6) is 0 Å². The van der Waals surface area contributed by atoms with E-state index in [1.807, 2.05) is 6.92 Å². The summed E-state index contributed by atoms with van der Waals surface area (Å²) in [6, 6.07) is 4.98. The van der Waals surface area contributed by atoms with E-state index in [2.05, 4.69) is 0 Å². The first-order valence-electron chi connectivity index (χ1n) is 5.46. The van der Waals surface area contributed by atoms with Crippen molar-refractivity contribution in [2.45, 2.75) is 6.92 Å². The van der Waals surface area contributed by atoms with E-state index in [-0.39, 0.29) is 5.57 Å². The summed E-state index contributed by atoms with van der Waals surface area (Å²) >= 11 is 5.97. The first-order chi connectivity index (χ1) is 8.90. The lowest BCUT2D eigenvalue weighted by atomic mass is 10.0. The number of hydrogen-bond acceptors (Lipinski definition) is 3. The molecule has 0 saturated carbocycles. The van der Waals surface area contributed by atoms with Crippen LogP contribution in [0, 0.1) is 6.92 Å². The highest BCUT2D eigenvalue weighted by atomic mass is 35.5. The van der Waals surface area contributed by atoms with Crippen LogP contribution in [0.1, 0.15) is 11.1 Å². The summed E-state index contributed by atoms with van der Waals surface area (Å²) in [5, 5.41) is 9.14. The van der Waals surface area contributed by atoms with Gasteiger partial charge in [0.05, 0.1) is 5.57 Å². The third-order valence-electron chi connectivity index (χ3n) is 2.79. The van der Waals surface area contributed by atoms with Crippen molar-refractivity contribution >= 4 is 35.0 Å². The molecule has 19 heavy (non-hydrogen) atoms. The minimum atomic E-state index is -1.24. The van der Waals surface area contributed by atoms with E-state index in [1.165, 1.54) is 0 Å². The molecule has 0 unspecified atom stereocenters. The lowest BCUT2D eigenvalue weighted by molar-refractivity contribution is -0.147. The Bertz CT molecular complexity index is 621. The number of carboxylic acids is 1. The molecule has 1 N–H and O–H groups in total. The number of hydrogen-bond donors (Lipinski definition) is 1. The number of imide groups is 1. The molecule has 0 bridgehead atoms. The van der Waals surface area contributed by atoms with Crippen LogP contribution >= 0.6 is 11.6 Å². The van der Waals surface area contributed by atoms with Crippen molar-refractivity contribution in [1.82, 2.24) is 4.90 Å². The lowest BCUT2D eigenvalue weighted by Gasteiger charge is -2.11. The molecule has 0 spiro atoms. The van der Waals surface area contributed by atoms with Crippen molar-refractivity contribution in [3.63, 3.8) is 0 Å². The molecular formula is C13H10ClNO4. The van der Waals surface area contributed by atoms with E-state index < -0.39 is 24.3 Å². The van der Waals surface area contributed by atoms with E-state index in [9.17, 15) is 14.4 Å². The number of benzene rings is 1. The van der Waals surface area contributed by atoms with Gasteiger partial charge in [0.25, 0.3) is 11.8 Å². The van der Waals surface area contributed by atoms with Gasteiger partial charge in [0.1, 0.15) is 6.54 Å². The third-order valence-corrected chi connectivity index (χ3v) is 3.19. The Balaban J connectivity index is 2.34. The van der Waals surface area contributed by atoms with Crippen molar-refractivity contribution < 1.29 is 19.5 Å². The molecule has 0 fully saturated rings. The van der Waals surface area contributed by atoms with Crippen molar-refractivity contribution in [3.8, 4) is 0 Å². The van der Waals surface area contributed by atoms with Gasteiger partial charge in [-0.2, -0.15) is 0 Å². The van der Waals surface area contributed by atoms with Crippen molar-refractivity contribution in [1.29, 1.82) is 0 Å². The van der Waals surface area contributed by atoms with Gasteiger partial charge >= 0.3 is 5.97 Å². The molecule has 1 aliphatic heterocycles. The van der Waals surface area contributed by atoms with E-state index in [4.69, 9.17) is 16.7 Å². The molecule has 1 aliphatic rings. The summed E-state index contributed by atoms with van der Waals surface area (Å²) in [7, 11) is 0. The second kappa shape index (κ2) is 4.85. The SMILES string of the molecule is Cc1ccc(C2=CC(=O)N(CC(=O)O)C2=O)cc1Cl. The van der Waals surface area contributed by atoms with E-state index in [0.29, 0.717) is 15.5 Å². The minimum absolute atomic E-state index is 0.160. The molecule has 0 aromatic heterocycles. The van der Waals surface area contributed by atoms with Crippen molar-refractivity contribution in [2.75, 3.05) is 6.54 Å². The van der Waals surface area contributed by atoms with Gasteiger partial charge in [-0.25, -0.2) is 0 Å². The van der Waals surface area contributed by atoms with Crippen molar-refractivity contribution in [2.24, 2.45) is 0 Å². The number of aryl methyl sites for hydroxylation is 1. The summed E-state index contributed by atoms with van der Waals surface area (Å²) in [6.07, 6.45) is 1.13. The third kappa shape index (κ3) is 2.51. The Morgan fingerprint density at radius 2 is 2.05 bits per heavy atom. The number of amides is 2. The van der Waals surface area contributed by atoms with E-state index >= 15 is 0 Å². The monoisotopic (exact) mass is 279 g/mol. The van der Waals surface area contributed by atoms with Gasteiger partial charge in [-0.1, -0.05) is 23.7 Å². The molecule has 1 heterocycles. The van der Waals surface area contributed by atoms with Crippen molar-refractivity contribution in [3.05, 3.63) is 40.4 Å². The quantitative estimate of drug-likeness (QED) is 0.851. The van der Waals surface area contributed by atoms with Gasteiger partial charge in [0, 0.05) is 11.1 Å². The maximum absolute atomic E-state index is 12.0. The standard InChI is InChI=1S/C13H10ClNO4/c1-7-2-3-8(4-10(7)14)9-5-11(16)15(13(9)19)6-12(17)18/h2-5H,6H2,1H3,(H,17,18). The van der Waals surface area contributed by atoms with Crippen LogP contribution in [0.3, 0.4) is 0 Å². The molecule has 98 valence electrons. The van der Waals surface area contributed by atoms with Crippen LogP contribution in [0.15, 0.2) is 24.3 Å². The van der Waals surface area contributed by atoms with E-state index in [0.717, 1.165) is 11.6 Å². The van der Waals surface area contributed by atoms with Gasteiger partial charge < -0.3 is 5.11 Å². The number of carbonyl (C=O) groups excluding carboxylic acids is 2. The Morgan fingerprint density at radius 1 is 1.37 bits per heavy atom. The maximum atomic E-state index is 12.0. The average molecular weight is 280 g/mol. The fraction of sp³-hybridized carbons (Fsp3) is 0.154. The summed E-state index contributed by atoms with van der Waals surface area (Å²) in [5.74, 6) is -2.48. The minimum Gasteiger partial charge on any atom is -0.480 e. The number of nitrogens with zero attached hydrogens (tertiary/aromatic N) is 1. The van der Waals surface area contributed by atoms with Crippen LogP contribution in [-0.4, -0.2) is 34.3 Å². The van der Waals surface area contributed by atoms with Gasteiger partial charge in [0.15, 0.2) is 0 Å². The van der Waals surface area contributed by atoms with E-state index in [1.54, 1.807) is 18.2 Å². The van der Waals surface area contributed by atoms with Gasteiger partial charge in [-0.3, -0.25) is 19.3 Å². The number of aliphatic carboxylic acids is 1. The number of carbonyl (C=O) groups is 3. The molecule has 0 radical (unpaired) electrons. The van der Waals surface area contributed by atoms with Gasteiger partial charge in [-0.15, -0.1) is 0 Å². The molecule has 2 rings (SSSR count). The zero-order valence-corrected chi connectivity index (χ0v) is 10.8. The van der Waals surface area contributed by atoms with Gasteiger partial charge in [-0.05, 0) is 24.1 Å². The highest BCUT2D eigenvalue weighted by Gasteiger charge is 2.33. The number of rotatable bonds is 3. The first kappa shape index (κ1) is 13.3. The molecule has 5 nitrogen and oxygen atoms in total. The topological polar surface area (TPSA) is 74.7 Å². The van der Waals surface area contributed by atoms with Crippen LogP contribution in [-0.2, 0) is 14.4 Å². The predicted molar refractivity (Wildman–Crippen MR) is 68.5 cm³/mol. The molecule has 1 aromatic carbocycles. The molecule has 2 amide bonds. The predicted octanol–water partition coefficient (Wildman–Crippen LogP) is 1.49. The lowest BCUT2D eigenvalue weighted by Crippen LogP contribution is -2.35. The largest absolute Gasteiger partial charge is 0.480 e. The number of carboxylic acid groups (broad SMARTS) is 1. The Hall–Kier alpha value is -2.14. The van der Waals surface area contributed by atoms with Crippen LogP contribution in [0.4, 0.5) is 0 Å². The molecule has 6 heteroatoms. The smallest absolute Gasteiger partial charge is 0.323 e. The second-order valence-electron chi connectivity index (χ2n) is 4.15. The van der Waals surface area contributed by atoms with Crippen LogP contribution in [0.2, 0.25) is 5.02 Å².